The summed E-state index contributed by atoms with van der Waals surface area (Å²) in [5.41, 5.74) is -0.133. The van der Waals surface area contributed by atoms with Gasteiger partial charge in [0.25, 0.3) is 0 Å². The molecule has 25 heavy (non-hydrogen) atoms. The molecule has 132 valence electrons. The van der Waals surface area contributed by atoms with E-state index in [0.717, 1.165) is 6.07 Å². The van der Waals surface area contributed by atoms with Crippen molar-refractivity contribution in [3.63, 3.8) is 0 Å². The number of benzene rings is 1. The summed E-state index contributed by atoms with van der Waals surface area (Å²) in [6, 6.07) is 3.62. The van der Waals surface area contributed by atoms with E-state index in [1.165, 1.54) is 29.2 Å². The van der Waals surface area contributed by atoms with Gasteiger partial charge >= 0.3 is 12.2 Å². The van der Waals surface area contributed by atoms with Crippen molar-refractivity contribution in [1.29, 1.82) is 5.26 Å². The van der Waals surface area contributed by atoms with Gasteiger partial charge in [0.05, 0.1) is 11.6 Å². The third kappa shape index (κ3) is 4.94. The molecule has 0 fully saturated rings. The zero-order valence-electron chi connectivity index (χ0n) is 13.2. The van der Waals surface area contributed by atoms with E-state index in [1.807, 2.05) is 5.32 Å². The zero-order chi connectivity index (χ0) is 18.4. The van der Waals surface area contributed by atoms with Gasteiger partial charge in [-0.1, -0.05) is 12.1 Å². The predicted molar refractivity (Wildman–Crippen MR) is 81.2 cm³/mol. The molecule has 1 heterocycles. The lowest BCUT2D eigenvalue weighted by atomic mass is 10.0. The highest BCUT2D eigenvalue weighted by Gasteiger charge is 2.42. The first-order valence-corrected chi connectivity index (χ1v) is 7.25. The second-order valence-electron chi connectivity index (χ2n) is 5.16. The number of carbonyl (C=O) groups is 1. The average Bonchev–Trinajstić information content (AvgIpc) is 2.97. The van der Waals surface area contributed by atoms with Crippen LogP contribution < -0.4 is 10.6 Å². The summed E-state index contributed by atoms with van der Waals surface area (Å²) in [7, 11) is 1.67. The van der Waals surface area contributed by atoms with Crippen LogP contribution in [-0.2, 0) is 13.5 Å². The van der Waals surface area contributed by atoms with E-state index in [-0.39, 0.29) is 17.7 Å². The summed E-state index contributed by atoms with van der Waals surface area (Å²) in [5, 5.41) is 16.9. The molecule has 1 unspecified atom stereocenters. The van der Waals surface area contributed by atoms with E-state index in [4.69, 9.17) is 5.26 Å². The van der Waals surface area contributed by atoms with Crippen molar-refractivity contribution in [3.8, 4) is 6.07 Å². The van der Waals surface area contributed by atoms with Gasteiger partial charge in [-0.05, 0) is 17.7 Å². The largest absolute Gasteiger partial charge is 0.412 e. The molecule has 7 nitrogen and oxygen atoms in total. The van der Waals surface area contributed by atoms with Crippen LogP contribution in [0, 0.1) is 11.3 Å². The number of nitrogens with zero attached hydrogens (tertiary/aromatic N) is 4. The molecule has 1 aromatic heterocycles. The van der Waals surface area contributed by atoms with E-state index in [0.29, 0.717) is 12.2 Å². The number of nitriles is 1. The number of rotatable bonds is 5. The Bertz CT molecular complexity index is 780. The number of aromatic nitrogens is 3. The van der Waals surface area contributed by atoms with E-state index in [1.54, 1.807) is 13.1 Å². The van der Waals surface area contributed by atoms with E-state index in [9.17, 15) is 18.0 Å². The van der Waals surface area contributed by atoms with Crippen LogP contribution in [0.5, 0.6) is 0 Å². The highest BCUT2D eigenvalue weighted by Crippen LogP contribution is 2.32. The molecule has 10 heteroatoms. The van der Waals surface area contributed by atoms with Crippen molar-refractivity contribution >= 4 is 6.03 Å². The molecule has 1 aromatic carbocycles. The van der Waals surface area contributed by atoms with Crippen LogP contribution in [0.3, 0.4) is 0 Å². The minimum atomic E-state index is -4.70. The fourth-order valence-electron chi connectivity index (χ4n) is 2.16. The van der Waals surface area contributed by atoms with E-state index < -0.39 is 18.2 Å². The minimum Gasteiger partial charge on any atom is -0.338 e. The Labute approximate surface area is 141 Å². The van der Waals surface area contributed by atoms with Gasteiger partial charge in [-0.3, -0.25) is 4.68 Å². The Morgan fingerprint density at radius 3 is 2.80 bits per heavy atom. The van der Waals surface area contributed by atoms with Gasteiger partial charge in [-0.2, -0.15) is 23.5 Å². The molecule has 2 amide bonds. The molecule has 1 atom stereocenters. The number of nitrogens with one attached hydrogen (secondary N) is 2. The lowest BCUT2D eigenvalue weighted by Crippen LogP contribution is -2.44. The molecule has 0 aliphatic rings. The molecule has 0 saturated carbocycles. The maximum absolute atomic E-state index is 13.3. The van der Waals surface area contributed by atoms with Crippen molar-refractivity contribution in [2.75, 3.05) is 6.54 Å². The number of hydrogen-bond donors (Lipinski definition) is 2. The lowest BCUT2D eigenvalue weighted by Gasteiger charge is -2.22. The van der Waals surface area contributed by atoms with Crippen LogP contribution >= 0.6 is 0 Å². The van der Waals surface area contributed by atoms with Gasteiger partial charge in [-0.25, -0.2) is 9.78 Å². The number of halogens is 3. The Hall–Kier alpha value is -3.09. The molecule has 0 aliphatic heterocycles. The number of amides is 2. The van der Waals surface area contributed by atoms with Crippen LogP contribution in [0.25, 0.3) is 0 Å². The van der Waals surface area contributed by atoms with Crippen LogP contribution in [0.4, 0.5) is 18.0 Å². The Morgan fingerprint density at radius 2 is 2.20 bits per heavy atom. The minimum absolute atomic E-state index is 0.0799. The van der Waals surface area contributed by atoms with Crippen molar-refractivity contribution in [2.45, 2.75) is 18.6 Å². The molecular formula is C15H15F3N6O. The van der Waals surface area contributed by atoms with Crippen molar-refractivity contribution in [1.82, 2.24) is 25.4 Å². The van der Waals surface area contributed by atoms with Crippen molar-refractivity contribution in [2.24, 2.45) is 7.05 Å². The Kier molecular flexibility index (Phi) is 5.59. The summed E-state index contributed by atoms with van der Waals surface area (Å²) in [4.78, 5) is 15.8. The van der Waals surface area contributed by atoms with Gasteiger partial charge < -0.3 is 10.6 Å². The predicted octanol–water partition coefficient (Wildman–Crippen LogP) is 1.83. The maximum atomic E-state index is 13.3. The van der Waals surface area contributed by atoms with E-state index >= 15 is 0 Å². The van der Waals surface area contributed by atoms with Gasteiger partial charge in [0.1, 0.15) is 12.2 Å². The third-order valence-electron chi connectivity index (χ3n) is 3.39. The van der Waals surface area contributed by atoms with Crippen LogP contribution in [0.1, 0.15) is 23.0 Å². The number of urea groups is 1. The Morgan fingerprint density at radius 1 is 1.44 bits per heavy atom. The van der Waals surface area contributed by atoms with Crippen molar-refractivity contribution in [3.05, 3.63) is 47.5 Å². The normalized spacial score (nSPS) is 12.3. The first-order chi connectivity index (χ1) is 11.8. The summed E-state index contributed by atoms with van der Waals surface area (Å²) < 4.78 is 41.3. The number of aryl methyl sites for hydroxylation is 1. The first-order valence-electron chi connectivity index (χ1n) is 7.25. The van der Waals surface area contributed by atoms with Gasteiger partial charge in [0.15, 0.2) is 6.04 Å². The molecule has 2 aromatic rings. The van der Waals surface area contributed by atoms with Gasteiger partial charge in [0.2, 0.25) is 0 Å². The number of carbonyl (C=O) groups excluding carboxylic acids is 1. The molecule has 0 radical (unpaired) electrons. The third-order valence-corrected chi connectivity index (χ3v) is 3.39. The summed E-state index contributed by atoms with van der Waals surface area (Å²) in [6.45, 7) is 0.0984. The molecule has 0 bridgehead atoms. The SMILES string of the molecule is Cn1ncnc1CCNC(=O)NC(c1cccc(C#N)c1)C(F)(F)F. The zero-order valence-corrected chi connectivity index (χ0v) is 13.2. The maximum Gasteiger partial charge on any atom is 0.412 e. The first kappa shape index (κ1) is 18.3. The second kappa shape index (κ2) is 7.65. The summed E-state index contributed by atoms with van der Waals surface area (Å²) in [6.07, 6.45) is -3.03. The molecule has 2 N–H and O–H groups in total. The van der Waals surface area contributed by atoms with Crippen LogP contribution in [0.15, 0.2) is 30.6 Å². The molecule has 0 aliphatic carbocycles. The topological polar surface area (TPSA) is 95.6 Å². The molecular weight excluding hydrogens is 337 g/mol. The number of alkyl halides is 3. The van der Waals surface area contributed by atoms with Crippen LogP contribution in [0.2, 0.25) is 0 Å². The highest BCUT2D eigenvalue weighted by molar-refractivity contribution is 5.74. The monoisotopic (exact) mass is 352 g/mol. The van der Waals surface area contributed by atoms with Gasteiger partial charge in [-0.15, -0.1) is 0 Å². The summed E-state index contributed by atoms with van der Waals surface area (Å²) >= 11 is 0. The highest BCUT2D eigenvalue weighted by atomic mass is 19.4. The smallest absolute Gasteiger partial charge is 0.338 e. The fraction of sp³-hybridized carbons (Fsp3) is 0.333. The number of hydrogen-bond acceptors (Lipinski definition) is 4. The lowest BCUT2D eigenvalue weighted by molar-refractivity contribution is -0.154. The average molecular weight is 352 g/mol. The fourth-order valence-corrected chi connectivity index (χ4v) is 2.16. The van der Waals surface area contributed by atoms with E-state index in [2.05, 4.69) is 15.4 Å². The quantitative estimate of drug-likeness (QED) is 0.858. The molecule has 0 saturated heterocycles. The second-order valence-corrected chi connectivity index (χ2v) is 5.16. The van der Waals surface area contributed by atoms with Crippen LogP contribution in [-0.4, -0.2) is 33.5 Å². The van der Waals surface area contributed by atoms with Gasteiger partial charge in [0, 0.05) is 20.0 Å². The molecule has 0 spiro atoms. The summed E-state index contributed by atoms with van der Waals surface area (Å²) in [5.74, 6) is 0.592. The molecule has 2 rings (SSSR count). The standard InChI is InChI=1S/C15H15F3N6O/c1-24-12(21-9-22-24)5-6-20-14(25)23-13(15(16,17)18)11-4-2-3-10(7-11)8-19/h2-4,7,9,13H,5-6H2,1H3,(H2,20,23,25). The van der Waals surface area contributed by atoms with Crippen molar-refractivity contribution < 1.29 is 18.0 Å². The Balaban J connectivity index is 2.00.